The second kappa shape index (κ2) is 6.32. The van der Waals surface area contributed by atoms with Crippen molar-refractivity contribution in [3.8, 4) is 17.1 Å². The summed E-state index contributed by atoms with van der Waals surface area (Å²) in [5, 5.41) is 11.8. The summed E-state index contributed by atoms with van der Waals surface area (Å²) in [6.07, 6.45) is 0. The molecule has 0 saturated carbocycles. The molecule has 1 amide bonds. The summed E-state index contributed by atoms with van der Waals surface area (Å²) in [7, 11) is 0. The van der Waals surface area contributed by atoms with E-state index >= 15 is 0 Å². The topological polar surface area (TPSA) is 65.4 Å². The number of benzene rings is 2. The molecule has 3 aromatic rings. The molecule has 0 saturated heterocycles. The summed E-state index contributed by atoms with van der Waals surface area (Å²) in [4.78, 5) is 19.4. The number of rotatable bonds is 2. The fraction of sp³-hybridized carbons (Fsp3) is 0. The zero-order valence-electron chi connectivity index (χ0n) is 12.8. The molecule has 1 aromatic heterocycles. The Bertz CT molecular complexity index is 1080. The Labute approximate surface area is 168 Å². The highest BCUT2D eigenvalue weighted by molar-refractivity contribution is 6.45. The Morgan fingerprint density at radius 1 is 0.769 bits per heavy atom. The predicted octanol–water partition coefficient (Wildman–Crippen LogP) is 5.99. The van der Waals surface area contributed by atoms with Gasteiger partial charge >= 0.3 is 0 Å². The molecule has 2 aromatic carbocycles. The number of nitrogens with one attached hydrogen (secondary N) is 1. The Morgan fingerprint density at radius 3 is 1.81 bits per heavy atom. The van der Waals surface area contributed by atoms with Gasteiger partial charge < -0.3 is 10.1 Å². The quantitative estimate of drug-likeness (QED) is 0.529. The van der Waals surface area contributed by atoms with Crippen LogP contribution < -0.4 is 0 Å². The van der Waals surface area contributed by atoms with Gasteiger partial charge in [0.25, 0.3) is 5.91 Å². The van der Waals surface area contributed by atoms with Crippen LogP contribution in [0.2, 0.25) is 20.1 Å². The zero-order chi connectivity index (χ0) is 18.6. The molecule has 0 spiro atoms. The SMILES string of the molecule is O=C1N=C(c2c(Cl)cccc2Cl)c2c(O)[nH]c(-c3c(Cl)cccc3Cl)c21. The van der Waals surface area contributed by atoms with Crippen LogP contribution in [-0.4, -0.2) is 21.7 Å². The number of aliphatic imine (C=N–C) groups is 1. The van der Waals surface area contributed by atoms with Crippen LogP contribution >= 0.6 is 46.4 Å². The number of carbonyl (C=O) groups is 1. The lowest BCUT2D eigenvalue weighted by Crippen LogP contribution is -2.02. The van der Waals surface area contributed by atoms with Crippen molar-refractivity contribution in [1.82, 2.24) is 4.98 Å². The van der Waals surface area contributed by atoms with Gasteiger partial charge in [-0.1, -0.05) is 58.5 Å². The van der Waals surface area contributed by atoms with Gasteiger partial charge in [0, 0.05) is 11.1 Å². The van der Waals surface area contributed by atoms with Crippen molar-refractivity contribution in [2.24, 2.45) is 4.99 Å². The van der Waals surface area contributed by atoms with Crippen LogP contribution in [0.4, 0.5) is 0 Å². The van der Waals surface area contributed by atoms with Crippen LogP contribution in [0, 0.1) is 0 Å². The lowest BCUT2D eigenvalue weighted by molar-refractivity contribution is 0.101. The number of aromatic amines is 1. The molecule has 0 atom stereocenters. The van der Waals surface area contributed by atoms with Gasteiger partial charge in [0.05, 0.1) is 42.6 Å². The summed E-state index contributed by atoms with van der Waals surface area (Å²) in [5.41, 5.74) is 1.65. The fourth-order valence-corrected chi connectivity index (χ4v) is 4.14. The first-order valence-corrected chi connectivity index (χ1v) is 8.88. The Kier molecular flexibility index (Phi) is 4.24. The van der Waals surface area contributed by atoms with Crippen molar-refractivity contribution in [3.63, 3.8) is 0 Å². The summed E-state index contributed by atoms with van der Waals surface area (Å²) >= 11 is 25.0. The number of nitrogens with zero attached hydrogens (tertiary/aromatic N) is 1. The molecule has 0 radical (unpaired) electrons. The van der Waals surface area contributed by atoms with Gasteiger partial charge in [-0.3, -0.25) is 4.79 Å². The average Bonchev–Trinajstić information content (AvgIpc) is 3.07. The maximum atomic E-state index is 12.6. The van der Waals surface area contributed by atoms with Crippen molar-refractivity contribution in [1.29, 1.82) is 0 Å². The summed E-state index contributed by atoms with van der Waals surface area (Å²) < 4.78 is 0. The first kappa shape index (κ1) is 17.4. The molecule has 1 aliphatic rings. The summed E-state index contributed by atoms with van der Waals surface area (Å²) in [6, 6.07) is 9.90. The Balaban J connectivity index is 1.99. The third kappa shape index (κ3) is 2.53. The Morgan fingerprint density at radius 2 is 1.27 bits per heavy atom. The molecule has 4 rings (SSSR count). The van der Waals surface area contributed by atoms with E-state index in [1.54, 1.807) is 36.4 Å². The van der Waals surface area contributed by atoms with E-state index in [1.165, 1.54) is 0 Å². The molecule has 2 heterocycles. The number of hydrogen-bond donors (Lipinski definition) is 2. The number of amides is 1. The highest BCUT2D eigenvalue weighted by Crippen LogP contribution is 2.44. The normalized spacial score (nSPS) is 13.1. The standard InChI is InChI=1S/C18H8Cl4N2O2/c19-7-3-1-4-8(20)11(7)15-13-14(18(26)23-15)16(24-17(13)25)12-9(21)5-2-6-10(12)22/h1-6,23,26H. The van der Waals surface area contributed by atoms with Crippen molar-refractivity contribution in [3.05, 3.63) is 73.2 Å². The number of fused-ring (bicyclic) bond motifs is 1. The van der Waals surface area contributed by atoms with Crippen LogP contribution in [0.25, 0.3) is 11.3 Å². The highest BCUT2D eigenvalue weighted by atomic mass is 35.5. The van der Waals surface area contributed by atoms with E-state index in [-0.39, 0.29) is 22.7 Å². The van der Waals surface area contributed by atoms with Gasteiger partial charge in [-0.15, -0.1) is 0 Å². The summed E-state index contributed by atoms with van der Waals surface area (Å²) in [5.74, 6) is -0.792. The predicted molar refractivity (Wildman–Crippen MR) is 104 cm³/mol. The number of aromatic hydroxyl groups is 1. The van der Waals surface area contributed by atoms with Gasteiger partial charge in [0.2, 0.25) is 0 Å². The van der Waals surface area contributed by atoms with Gasteiger partial charge in [-0.25, -0.2) is 4.99 Å². The van der Waals surface area contributed by atoms with E-state index < -0.39 is 5.91 Å². The largest absolute Gasteiger partial charge is 0.494 e. The molecule has 8 heteroatoms. The van der Waals surface area contributed by atoms with E-state index in [9.17, 15) is 9.90 Å². The fourth-order valence-electron chi connectivity index (χ4n) is 2.97. The van der Waals surface area contributed by atoms with Crippen LogP contribution in [0.15, 0.2) is 41.4 Å². The molecule has 0 aliphatic carbocycles. The van der Waals surface area contributed by atoms with E-state index in [2.05, 4.69) is 9.98 Å². The van der Waals surface area contributed by atoms with E-state index in [0.717, 1.165) is 0 Å². The maximum Gasteiger partial charge on any atom is 0.280 e. The van der Waals surface area contributed by atoms with Gasteiger partial charge in [-0.05, 0) is 24.3 Å². The maximum absolute atomic E-state index is 12.6. The smallest absolute Gasteiger partial charge is 0.280 e. The van der Waals surface area contributed by atoms with Gasteiger partial charge in [0.15, 0.2) is 5.88 Å². The van der Waals surface area contributed by atoms with Crippen LogP contribution in [-0.2, 0) is 0 Å². The van der Waals surface area contributed by atoms with Crippen molar-refractivity contribution < 1.29 is 9.90 Å². The van der Waals surface area contributed by atoms with Crippen molar-refractivity contribution in [2.45, 2.75) is 0 Å². The lowest BCUT2D eigenvalue weighted by atomic mass is 10.00. The first-order chi connectivity index (χ1) is 12.4. The third-order valence-corrected chi connectivity index (χ3v) is 5.32. The highest BCUT2D eigenvalue weighted by Gasteiger charge is 2.36. The van der Waals surface area contributed by atoms with Crippen LogP contribution in [0.1, 0.15) is 21.5 Å². The monoisotopic (exact) mass is 424 g/mol. The van der Waals surface area contributed by atoms with Crippen LogP contribution in [0.5, 0.6) is 5.88 Å². The number of halogens is 4. The number of carbonyl (C=O) groups excluding carboxylic acids is 1. The van der Waals surface area contributed by atoms with Crippen LogP contribution in [0.3, 0.4) is 0 Å². The lowest BCUT2D eigenvalue weighted by Gasteiger charge is -2.06. The molecule has 0 fully saturated rings. The molecule has 2 N–H and O–H groups in total. The molecular weight excluding hydrogens is 418 g/mol. The zero-order valence-corrected chi connectivity index (χ0v) is 15.8. The molecular formula is C18H8Cl4N2O2. The minimum absolute atomic E-state index is 0.170. The van der Waals surface area contributed by atoms with Gasteiger partial charge in [-0.2, -0.15) is 0 Å². The second-order valence-corrected chi connectivity index (χ2v) is 7.19. The number of aromatic nitrogens is 1. The van der Waals surface area contributed by atoms with E-state index in [0.29, 0.717) is 36.9 Å². The Hall–Kier alpha value is -1.98. The molecule has 26 heavy (non-hydrogen) atoms. The number of hydrogen-bond acceptors (Lipinski definition) is 2. The molecule has 0 bridgehead atoms. The average molecular weight is 426 g/mol. The molecule has 130 valence electrons. The number of H-pyrrole nitrogens is 1. The van der Waals surface area contributed by atoms with Gasteiger partial charge in [0.1, 0.15) is 0 Å². The van der Waals surface area contributed by atoms with Crippen molar-refractivity contribution >= 4 is 58.0 Å². The van der Waals surface area contributed by atoms with Crippen molar-refractivity contribution in [2.75, 3.05) is 0 Å². The van der Waals surface area contributed by atoms with E-state index in [4.69, 9.17) is 46.4 Å². The second-order valence-electron chi connectivity index (χ2n) is 5.56. The molecule has 0 unspecified atom stereocenters. The molecule has 4 nitrogen and oxygen atoms in total. The van der Waals surface area contributed by atoms with E-state index in [1.807, 2.05) is 0 Å². The first-order valence-electron chi connectivity index (χ1n) is 7.37. The minimum atomic E-state index is -0.548. The molecule has 1 aliphatic heterocycles. The third-order valence-electron chi connectivity index (χ3n) is 4.06. The minimum Gasteiger partial charge on any atom is -0.494 e. The summed E-state index contributed by atoms with van der Waals surface area (Å²) in [6.45, 7) is 0.